The van der Waals surface area contributed by atoms with Crippen LogP contribution in [0.3, 0.4) is 0 Å². The first-order valence-electron chi connectivity index (χ1n) is 7.40. The van der Waals surface area contributed by atoms with Gasteiger partial charge in [-0.1, -0.05) is 0 Å². The number of rotatable bonds is 4. The molecule has 2 aromatic rings. The number of anilines is 2. The summed E-state index contributed by atoms with van der Waals surface area (Å²) in [6.07, 6.45) is 3.18. The molecular weight excluding hydrogens is 290 g/mol. The quantitative estimate of drug-likeness (QED) is 0.847. The van der Waals surface area contributed by atoms with Crippen LogP contribution < -0.4 is 10.6 Å². The van der Waals surface area contributed by atoms with Crippen molar-refractivity contribution in [1.29, 1.82) is 0 Å². The van der Waals surface area contributed by atoms with Gasteiger partial charge in [-0.3, -0.25) is 14.6 Å². The van der Waals surface area contributed by atoms with Crippen LogP contribution in [0.5, 0.6) is 0 Å². The van der Waals surface area contributed by atoms with Gasteiger partial charge in [-0.2, -0.15) is 0 Å². The van der Waals surface area contributed by atoms with Gasteiger partial charge in [0.15, 0.2) is 5.78 Å². The molecule has 0 spiro atoms. The van der Waals surface area contributed by atoms with E-state index >= 15 is 0 Å². The summed E-state index contributed by atoms with van der Waals surface area (Å²) in [7, 11) is 0. The maximum atomic E-state index is 12.2. The molecule has 120 valence electrons. The third-order valence-electron chi connectivity index (χ3n) is 3.07. The Balaban J connectivity index is 2.13. The third kappa shape index (κ3) is 4.92. The summed E-state index contributed by atoms with van der Waals surface area (Å²) < 4.78 is 0. The number of benzene rings is 1. The number of amides is 1. The normalized spacial score (nSPS) is 11.0. The monoisotopic (exact) mass is 311 g/mol. The van der Waals surface area contributed by atoms with E-state index in [0.717, 1.165) is 5.69 Å². The molecule has 1 amide bonds. The SMILES string of the molecule is CC(=O)c1ccc(Nc2cncc(C(=O)NC(C)(C)C)c2)cc1. The number of nitrogens with one attached hydrogen (secondary N) is 2. The van der Waals surface area contributed by atoms with E-state index in [1.54, 1.807) is 24.4 Å². The van der Waals surface area contributed by atoms with Crippen LogP contribution in [0.1, 0.15) is 48.4 Å². The van der Waals surface area contributed by atoms with Gasteiger partial charge < -0.3 is 10.6 Å². The summed E-state index contributed by atoms with van der Waals surface area (Å²) >= 11 is 0. The smallest absolute Gasteiger partial charge is 0.253 e. The molecular formula is C18H21N3O2. The Hall–Kier alpha value is -2.69. The third-order valence-corrected chi connectivity index (χ3v) is 3.07. The number of nitrogens with zero attached hydrogens (tertiary/aromatic N) is 1. The first-order valence-corrected chi connectivity index (χ1v) is 7.40. The zero-order valence-corrected chi connectivity index (χ0v) is 13.8. The number of ketones is 1. The summed E-state index contributed by atoms with van der Waals surface area (Å²) in [4.78, 5) is 27.5. The molecule has 0 aliphatic rings. The van der Waals surface area contributed by atoms with Crippen molar-refractivity contribution in [2.24, 2.45) is 0 Å². The zero-order valence-electron chi connectivity index (χ0n) is 13.8. The minimum absolute atomic E-state index is 0.0269. The molecule has 1 aromatic heterocycles. The van der Waals surface area contributed by atoms with Gasteiger partial charge in [0.1, 0.15) is 0 Å². The first kappa shape index (κ1) is 16.7. The van der Waals surface area contributed by atoms with Crippen LogP contribution in [-0.2, 0) is 0 Å². The fraction of sp³-hybridized carbons (Fsp3) is 0.278. The molecule has 0 unspecified atom stereocenters. The molecule has 0 saturated heterocycles. The summed E-state index contributed by atoms with van der Waals surface area (Å²) in [5.74, 6) is -0.139. The van der Waals surface area contributed by atoms with Gasteiger partial charge in [0.2, 0.25) is 0 Å². The van der Waals surface area contributed by atoms with E-state index in [9.17, 15) is 9.59 Å². The van der Waals surface area contributed by atoms with Gasteiger partial charge in [0.25, 0.3) is 5.91 Å². The van der Waals surface area contributed by atoms with Gasteiger partial charge in [0.05, 0.1) is 17.4 Å². The highest BCUT2D eigenvalue weighted by atomic mass is 16.1. The van der Waals surface area contributed by atoms with Gasteiger partial charge in [-0.15, -0.1) is 0 Å². The van der Waals surface area contributed by atoms with Crippen molar-refractivity contribution in [1.82, 2.24) is 10.3 Å². The zero-order chi connectivity index (χ0) is 17.0. The number of hydrogen-bond acceptors (Lipinski definition) is 4. The minimum atomic E-state index is -0.303. The second kappa shape index (κ2) is 6.60. The maximum absolute atomic E-state index is 12.2. The molecule has 5 nitrogen and oxygen atoms in total. The number of pyridine rings is 1. The lowest BCUT2D eigenvalue weighted by molar-refractivity contribution is 0.0918. The molecule has 0 saturated carbocycles. The average Bonchev–Trinajstić information content (AvgIpc) is 2.46. The van der Waals surface area contributed by atoms with E-state index in [4.69, 9.17) is 0 Å². The predicted octanol–water partition coefficient (Wildman–Crippen LogP) is 3.56. The lowest BCUT2D eigenvalue weighted by Gasteiger charge is -2.20. The molecule has 2 N–H and O–H groups in total. The van der Waals surface area contributed by atoms with E-state index in [1.165, 1.54) is 13.1 Å². The minimum Gasteiger partial charge on any atom is -0.354 e. The fourth-order valence-electron chi connectivity index (χ4n) is 2.00. The summed E-state index contributed by atoms with van der Waals surface area (Å²) in [6.45, 7) is 7.31. The predicted molar refractivity (Wildman–Crippen MR) is 91.2 cm³/mol. The number of carbonyl (C=O) groups excluding carboxylic acids is 2. The molecule has 1 heterocycles. The Labute approximate surface area is 136 Å². The van der Waals surface area contributed by atoms with E-state index in [2.05, 4.69) is 15.6 Å². The van der Waals surface area contributed by atoms with Crippen molar-refractivity contribution in [2.45, 2.75) is 33.2 Å². The summed E-state index contributed by atoms with van der Waals surface area (Å²) in [5, 5.41) is 6.08. The largest absolute Gasteiger partial charge is 0.354 e. The van der Waals surface area contributed by atoms with Gasteiger partial charge in [-0.25, -0.2) is 0 Å². The Morgan fingerprint density at radius 2 is 1.61 bits per heavy atom. The number of carbonyl (C=O) groups is 2. The van der Waals surface area contributed by atoms with Gasteiger partial charge in [0, 0.05) is 23.0 Å². The second-order valence-electron chi connectivity index (χ2n) is 6.42. The maximum Gasteiger partial charge on any atom is 0.253 e. The van der Waals surface area contributed by atoms with Crippen LogP contribution >= 0.6 is 0 Å². The highest BCUT2D eigenvalue weighted by Crippen LogP contribution is 2.18. The molecule has 0 aliphatic heterocycles. The number of Topliss-reactive ketones (excluding diaryl/α,β-unsaturated/α-hetero) is 1. The van der Waals surface area contributed by atoms with Gasteiger partial charge >= 0.3 is 0 Å². The Bertz CT molecular complexity index is 716. The number of hydrogen-bond donors (Lipinski definition) is 2. The number of aromatic nitrogens is 1. The highest BCUT2D eigenvalue weighted by molar-refractivity contribution is 5.95. The molecule has 0 atom stereocenters. The molecule has 1 aromatic carbocycles. The van der Waals surface area contributed by atoms with Crippen molar-refractivity contribution in [3.05, 3.63) is 53.9 Å². The topological polar surface area (TPSA) is 71.1 Å². The Morgan fingerprint density at radius 1 is 0.957 bits per heavy atom. The fourth-order valence-corrected chi connectivity index (χ4v) is 2.00. The standard InChI is InChI=1S/C18H21N3O2/c1-12(22)13-5-7-15(8-6-13)20-16-9-14(10-19-11-16)17(23)21-18(2,3)4/h5-11,20H,1-4H3,(H,21,23). The van der Waals surface area contributed by atoms with Crippen LogP contribution in [0.4, 0.5) is 11.4 Å². The van der Waals surface area contributed by atoms with Crippen LogP contribution in [0.2, 0.25) is 0 Å². The van der Waals surface area contributed by atoms with Crippen molar-refractivity contribution >= 4 is 23.1 Å². The van der Waals surface area contributed by atoms with Crippen molar-refractivity contribution < 1.29 is 9.59 Å². The molecule has 5 heteroatoms. The van der Waals surface area contributed by atoms with Crippen LogP contribution in [0.25, 0.3) is 0 Å². The summed E-state index contributed by atoms with van der Waals surface area (Å²) in [6, 6.07) is 8.90. The van der Waals surface area contributed by atoms with Crippen molar-refractivity contribution in [3.63, 3.8) is 0 Å². The van der Waals surface area contributed by atoms with E-state index in [-0.39, 0.29) is 17.2 Å². The summed E-state index contributed by atoms with van der Waals surface area (Å²) in [5.41, 5.74) is 2.38. The molecule has 0 radical (unpaired) electrons. The van der Waals surface area contributed by atoms with Crippen LogP contribution in [0, 0.1) is 0 Å². The molecule has 0 bridgehead atoms. The first-order chi connectivity index (χ1) is 10.7. The van der Waals surface area contributed by atoms with Crippen LogP contribution in [-0.4, -0.2) is 22.2 Å². The molecule has 23 heavy (non-hydrogen) atoms. The van der Waals surface area contributed by atoms with Crippen molar-refractivity contribution in [2.75, 3.05) is 5.32 Å². The van der Waals surface area contributed by atoms with E-state index in [1.807, 2.05) is 32.9 Å². The van der Waals surface area contributed by atoms with Crippen molar-refractivity contribution in [3.8, 4) is 0 Å². The second-order valence-corrected chi connectivity index (χ2v) is 6.42. The highest BCUT2D eigenvalue weighted by Gasteiger charge is 2.15. The van der Waals surface area contributed by atoms with E-state index in [0.29, 0.717) is 16.8 Å². The lowest BCUT2D eigenvalue weighted by atomic mass is 10.1. The molecule has 0 fully saturated rings. The van der Waals surface area contributed by atoms with Gasteiger partial charge in [-0.05, 0) is 58.0 Å². The Morgan fingerprint density at radius 3 is 2.17 bits per heavy atom. The molecule has 2 rings (SSSR count). The van der Waals surface area contributed by atoms with Crippen LogP contribution in [0.15, 0.2) is 42.7 Å². The molecule has 0 aliphatic carbocycles. The average molecular weight is 311 g/mol. The van der Waals surface area contributed by atoms with E-state index < -0.39 is 0 Å². The lowest BCUT2D eigenvalue weighted by Crippen LogP contribution is -2.40. The Kier molecular flexibility index (Phi) is 4.79.